The molecule has 0 aromatic carbocycles. The molecule has 3 rings (SSSR count). The number of hydrogen-bond donors (Lipinski definition) is 2. The van der Waals surface area contributed by atoms with E-state index in [9.17, 15) is 14.7 Å². The van der Waals surface area contributed by atoms with Gasteiger partial charge in [-0.15, -0.1) is 0 Å². The Bertz CT molecular complexity index is 403. The fourth-order valence-electron chi connectivity index (χ4n) is 4.29. The van der Waals surface area contributed by atoms with Gasteiger partial charge in [-0.2, -0.15) is 0 Å². The van der Waals surface area contributed by atoms with Crippen LogP contribution >= 0.6 is 0 Å². The number of carbonyl (C=O) groups is 2. The van der Waals surface area contributed by atoms with Crippen LogP contribution in [0.5, 0.6) is 0 Å². The van der Waals surface area contributed by atoms with Gasteiger partial charge in [-0.25, -0.2) is 0 Å². The summed E-state index contributed by atoms with van der Waals surface area (Å²) < 4.78 is 0. The largest absolute Gasteiger partial charge is 0.481 e. The summed E-state index contributed by atoms with van der Waals surface area (Å²) in [5, 5.41) is 9.21. The first kappa shape index (κ1) is 12.9. The van der Waals surface area contributed by atoms with E-state index in [1.165, 1.54) is 0 Å². The Morgan fingerprint density at radius 2 is 1.95 bits per heavy atom. The van der Waals surface area contributed by atoms with Crippen LogP contribution in [-0.2, 0) is 9.59 Å². The van der Waals surface area contributed by atoms with Gasteiger partial charge in [-0.05, 0) is 32.1 Å². The molecule has 1 amide bonds. The standard InChI is InChI=1S/C14H22N2O3/c15-14(5-1-2-6-14)8-12(17)16-9-3-4-11(16)10(7-9)13(18)19/h9-11H,1-8,15H2,(H,18,19). The van der Waals surface area contributed by atoms with E-state index in [0.29, 0.717) is 12.8 Å². The molecule has 2 saturated heterocycles. The molecule has 0 aromatic rings. The predicted molar refractivity (Wildman–Crippen MR) is 69.4 cm³/mol. The number of carboxylic acid groups (broad SMARTS) is 1. The second-order valence-electron chi connectivity index (χ2n) is 6.53. The number of amides is 1. The highest BCUT2D eigenvalue weighted by atomic mass is 16.4. The van der Waals surface area contributed by atoms with Crippen LogP contribution in [0.2, 0.25) is 0 Å². The van der Waals surface area contributed by atoms with Gasteiger partial charge < -0.3 is 15.7 Å². The summed E-state index contributed by atoms with van der Waals surface area (Å²) in [5.41, 5.74) is 5.93. The third-order valence-corrected chi connectivity index (χ3v) is 5.24. The van der Waals surface area contributed by atoms with Crippen LogP contribution in [0.15, 0.2) is 0 Å². The maximum Gasteiger partial charge on any atom is 0.308 e. The van der Waals surface area contributed by atoms with Crippen LogP contribution in [0.25, 0.3) is 0 Å². The van der Waals surface area contributed by atoms with Gasteiger partial charge in [-0.3, -0.25) is 9.59 Å². The van der Waals surface area contributed by atoms with Gasteiger partial charge >= 0.3 is 5.97 Å². The molecule has 3 fully saturated rings. The molecule has 2 heterocycles. The molecule has 0 spiro atoms. The Morgan fingerprint density at radius 1 is 1.26 bits per heavy atom. The van der Waals surface area contributed by atoms with E-state index in [4.69, 9.17) is 5.73 Å². The molecule has 5 nitrogen and oxygen atoms in total. The maximum atomic E-state index is 12.5. The van der Waals surface area contributed by atoms with E-state index >= 15 is 0 Å². The SMILES string of the molecule is NC1(CC(=O)N2C3CCC2C(C(=O)O)C3)CCCC1. The highest BCUT2D eigenvalue weighted by Crippen LogP contribution is 2.43. The third kappa shape index (κ3) is 2.14. The molecule has 3 unspecified atom stereocenters. The molecule has 0 radical (unpaired) electrons. The molecule has 1 saturated carbocycles. The summed E-state index contributed by atoms with van der Waals surface area (Å²) in [6.07, 6.45) is 6.87. The van der Waals surface area contributed by atoms with Crippen LogP contribution < -0.4 is 5.73 Å². The first-order chi connectivity index (χ1) is 9.00. The fraction of sp³-hybridized carbons (Fsp3) is 0.857. The van der Waals surface area contributed by atoms with Gasteiger partial charge in [0, 0.05) is 24.0 Å². The Hall–Kier alpha value is -1.10. The number of carbonyl (C=O) groups excluding carboxylic acids is 1. The summed E-state index contributed by atoms with van der Waals surface area (Å²) in [6.45, 7) is 0. The topological polar surface area (TPSA) is 83.6 Å². The zero-order valence-electron chi connectivity index (χ0n) is 11.2. The second-order valence-corrected chi connectivity index (χ2v) is 6.53. The lowest BCUT2D eigenvalue weighted by Gasteiger charge is -2.29. The van der Waals surface area contributed by atoms with E-state index in [1.54, 1.807) is 0 Å². The number of nitrogens with zero attached hydrogens (tertiary/aromatic N) is 1. The Balaban J connectivity index is 1.69. The summed E-state index contributed by atoms with van der Waals surface area (Å²) in [4.78, 5) is 25.5. The van der Waals surface area contributed by atoms with Crippen molar-refractivity contribution < 1.29 is 14.7 Å². The van der Waals surface area contributed by atoms with Crippen molar-refractivity contribution in [3.8, 4) is 0 Å². The monoisotopic (exact) mass is 266 g/mol. The van der Waals surface area contributed by atoms with Gasteiger partial charge in [0.05, 0.1) is 5.92 Å². The van der Waals surface area contributed by atoms with Gasteiger partial charge in [0.25, 0.3) is 0 Å². The predicted octanol–water partition coefficient (Wildman–Crippen LogP) is 1.11. The number of rotatable bonds is 3. The minimum atomic E-state index is -0.756. The number of nitrogens with two attached hydrogens (primary N) is 1. The minimum Gasteiger partial charge on any atom is -0.481 e. The smallest absolute Gasteiger partial charge is 0.308 e. The zero-order valence-corrected chi connectivity index (χ0v) is 11.2. The van der Waals surface area contributed by atoms with Crippen molar-refractivity contribution in [3.63, 3.8) is 0 Å². The van der Waals surface area contributed by atoms with Crippen LogP contribution in [0.3, 0.4) is 0 Å². The lowest BCUT2D eigenvalue weighted by Crippen LogP contribution is -2.45. The molecule has 3 aliphatic rings. The second kappa shape index (κ2) is 4.47. The van der Waals surface area contributed by atoms with Gasteiger partial charge in [0.15, 0.2) is 0 Å². The van der Waals surface area contributed by atoms with E-state index in [-0.39, 0.29) is 29.4 Å². The molecular formula is C14H22N2O3. The van der Waals surface area contributed by atoms with Crippen molar-refractivity contribution in [2.24, 2.45) is 11.7 Å². The van der Waals surface area contributed by atoms with Crippen LogP contribution in [0.1, 0.15) is 51.4 Å². The van der Waals surface area contributed by atoms with Gasteiger partial charge in [-0.1, -0.05) is 12.8 Å². The van der Waals surface area contributed by atoms with Crippen LogP contribution in [0.4, 0.5) is 0 Å². The number of carboxylic acids is 1. The number of hydrogen-bond acceptors (Lipinski definition) is 3. The highest BCUT2D eigenvalue weighted by Gasteiger charge is 2.51. The summed E-state index contributed by atoms with van der Waals surface area (Å²) in [5.74, 6) is -1.03. The van der Waals surface area contributed by atoms with Crippen molar-refractivity contribution in [2.75, 3.05) is 0 Å². The molecule has 1 aliphatic carbocycles. The van der Waals surface area contributed by atoms with Crippen molar-refractivity contribution in [3.05, 3.63) is 0 Å². The normalized spacial score (nSPS) is 35.8. The first-order valence-corrected chi connectivity index (χ1v) is 7.33. The van der Waals surface area contributed by atoms with Crippen molar-refractivity contribution in [1.29, 1.82) is 0 Å². The molecule has 3 atom stereocenters. The van der Waals surface area contributed by atoms with Crippen LogP contribution in [-0.4, -0.2) is 39.5 Å². The number of aliphatic carboxylic acids is 1. The van der Waals surface area contributed by atoms with E-state index in [2.05, 4.69) is 0 Å². The number of fused-ring (bicyclic) bond motifs is 2. The highest BCUT2D eigenvalue weighted by molar-refractivity contribution is 5.81. The average molecular weight is 266 g/mol. The lowest BCUT2D eigenvalue weighted by atomic mass is 9.89. The molecule has 19 heavy (non-hydrogen) atoms. The summed E-state index contributed by atoms with van der Waals surface area (Å²) in [7, 11) is 0. The molecular weight excluding hydrogens is 244 g/mol. The van der Waals surface area contributed by atoms with Gasteiger partial charge in [0.2, 0.25) is 5.91 Å². The lowest BCUT2D eigenvalue weighted by molar-refractivity contribution is -0.143. The van der Waals surface area contributed by atoms with Crippen molar-refractivity contribution >= 4 is 11.9 Å². The summed E-state index contributed by atoms with van der Waals surface area (Å²) in [6, 6.07) is 0.0589. The minimum absolute atomic E-state index is 0.0833. The molecule has 5 heteroatoms. The van der Waals surface area contributed by atoms with E-state index in [1.807, 2.05) is 4.90 Å². The van der Waals surface area contributed by atoms with Crippen molar-refractivity contribution in [2.45, 2.75) is 69.0 Å². The summed E-state index contributed by atoms with van der Waals surface area (Å²) >= 11 is 0. The fourth-order valence-corrected chi connectivity index (χ4v) is 4.29. The average Bonchev–Trinajstić information content (AvgIpc) is 3.02. The van der Waals surface area contributed by atoms with E-state index in [0.717, 1.165) is 38.5 Å². The molecule has 3 N–H and O–H groups in total. The molecule has 2 bridgehead atoms. The van der Waals surface area contributed by atoms with Gasteiger partial charge in [0.1, 0.15) is 0 Å². The molecule has 0 aromatic heterocycles. The van der Waals surface area contributed by atoms with E-state index < -0.39 is 5.97 Å². The van der Waals surface area contributed by atoms with Crippen LogP contribution in [0, 0.1) is 5.92 Å². The quantitative estimate of drug-likeness (QED) is 0.801. The van der Waals surface area contributed by atoms with Crippen molar-refractivity contribution in [1.82, 2.24) is 4.90 Å². The Morgan fingerprint density at radius 3 is 2.53 bits per heavy atom. The first-order valence-electron chi connectivity index (χ1n) is 7.33. The zero-order chi connectivity index (χ0) is 13.6. The Labute approximate surface area is 113 Å². The third-order valence-electron chi connectivity index (χ3n) is 5.24. The molecule has 2 aliphatic heterocycles. The maximum absolute atomic E-state index is 12.5. The molecule has 106 valence electrons. The Kier molecular flexibility index (Phi) is 3.04.